The van der Waals surface area contributed by atoms with Gasteiger partial charge in [-0.1, -0.05) is 0 Å². The Labute approximate surface area is 147 Å². The zero-order valence-corrected chi connectivity index (χ0v) is 14.8. The molecule has 1 aliphatic rings. The Morgan fingerprint density at radius 1 is 1.20 bits per heavy atom. The fourth-order valence-corrected chi connectivity index (χ4v) is 3.23. The third-order valence-electron chi connectivity index (χ3n) is 4.74. The van der Waals surface area contributed by atoms with Crippen molar-refractivity contribution in [2.24, 2.45) is 5.92 Å². The monoisotopic (exact) mass is 340 g/mol. The van der Waals surface area contributed by atoms with Gasteiger partial charge in [-0.2, -0.15) is 0 Å². The first-order valence-corrected chi connectivity index (χ1v) is 8.72. The highest BCUT2D eigenvalue weighted by Crippen LogP contribution is 2.22. The minimum atomic E-state index is 0.0388. The molecule has 0 bridgehead atoms. The van der Waals surface area contributed by atoms with Crippen LogP contribution in [-0.2, 0) is 6.42 Å². The van der Waals surface area contributed by atoms with Crippen molar-refractivity contribution in [2.75, 3.05) is 25.5 Å². The summed E-state index contributed by atoms with van der Waals surface area (Å²) in [5.74, 6) is 1.35. The second-order valence-corrected chi connectivity index (χ2v) is 6.46. The van der Waals surface area contributed by atoms with Gasteiger partial charge in [0.25, 0.3) is 5.91 Å². The van der Waals surface area contributed by atoms with Crippen LogP contribution in [0.1, 0.15) is 41.0 Å². The van der Waals surface area contributed by atoms with E-state index in [0.717, 1.165) is 56.0 Å². The molecule has 2 aromatic heterocycles. The van der Waals surface area contributed by atoms with Crippen LogP contribution in [0.15, 0.2) is 24.9 Å². The number of nitrogens with one attached hydrogen (secondary N) is 1. The molecule has 0 unspecified atom stereocenters. The molecule has 0 aromatic carbocycles. The lowest BCUT2D eigenvalue weighted by Gasteiger charge is -2.21. The van der Waals surface area contributed by atoms with E-state index < -0.39 is 0 Å². The molecule has 0 saturated carbocycles. The van der Waals surface area contributed by atoms with Crippen molar-refractivity contribution >= 4 is 11.7 Å². The molecular formula is C18H24N6O. The SMILES string of the molecule is CNc1cnc(C[C@@H]2CCCN(C(=O)c3cncnc3C)CC2)cn1. The average molecular weight is 340 g/mol. The molecule has 7 nitrogen and oxygen atoms in total. The number of hydrogen-bond donors (Lipinski definition) is 1. The van der Waals surface area contributed by atoms with E-state index in [1.54, 1.807) is 12.4 Å². The van der Waals surface area contributed by atoms with Gasteiger partial charge in [-0.15, -0.1) is 0 Å². The lowest BCUT2D eigenvalue weighted by molar-refractivity contribution is 0.0758. The van der Waals surface area contributed by atoms with E-state index in [9.17, 15) is 4.79 Å². The van der Waals surface area contributed by atoms with Gasteiger partial charge in [-0.05, 0) is 38.5 Å². The molecule has 1 saturated heterocycles. The number of hydrogen-bond acceptors (Lipinski definition) is 6. The third kappa shape index (κ3) is 4.29. The zero-order chi connectivity index (χ0) is 17.6. The molecule has 0 radical (unpaired) electrons. The van der Waals surface area contributed by atoms with E-state index in [1.807, 2.05) is 25.1 Å². The number of likely N-dealkylation sites (tertiary alicyclic amines) is 1. The van der Waals surface area contributed by atoms with Crippen molar-refractivity contribution in [3.8, 4) is 0 Å². The van der Waals surface area contributed by atoms with Crippen LogP contribution in [-0.4, -0.2) is 50.9 Å². The minimum absolute atomic E-state index is 0.0388. The summed E-state index contributed by atoms with van der Waals surface area (Å²) >= 11 is 0. The molecule has 7 heteroatoms. The Bertz CT molecular complexity index is 718. The van der Waals surface area contributed by atoms with E-state index in [4.69, 9.17) is 0 Å². The molecular weight excluding hydrogens is 316 g/mol. The maximum atomic E-state index is 12.7. The van der Waals surface area contributed by atoms with E-state index in [2.05, 4.69) is 25.3 Å². The zero-order valence-electron chi connectivity index (χ0n) is 14.8. The van der Waals surface area contributed by atoms with Crippen molar-refractivity contribution < 1.29 is 4.79 Å². The van der Waals surface area contributed by atoms with Gasteiger partial charge in [0.05, 0.1) is 29.3 Å². The largest absolute Gasteiger partial charge is 0.372 e. The molecule has 1 atom stereocenters. The summed E-state index contributed by atoms with van der Waals surface area (Å²) in [7, 11) is 1.83. The Hall–Kier alpha value is -2.57. The fraction of sp³-hybridized carbons (Fsp3) is 0.500. The maximum Gasteiger partial charge on any atom is 0.257 e. The molecule has 132 valence electrons. The van der Waals surface area contributed by atoms with Gasteiger partial charge in [0.15, 0.2) is 0 Å². The number of anilines is 1. The highest BCUT2D eigenvalue weighted by Gasteiger charge is 2.23. The molecule has 0 spiro atoms. The predicted molar refractivity (Wildman–Crippen MR) is 95.3 cm³/mol. The van der Waals surface area contributed by atoms with Gasteiger partial charge in [0.1, 0.15) is 12.1 Å². The van der Waals surface area contributed by atoms with Gasteiger partial charge >= 0.3 is 0 Å². The minimum Gasteiger partial charge on any atom is -0.372 e. The number of amides is 1. The predicted octanol–water partition coefficient (Wildman–Crippen LogP) is 2.10. The Morgan fingerprint density at radius 3 is 2.80 bits per heavy atom. The van der Waals surface area contributed by atoms with Gasteiger partial charge in [0.2, 0.25) is 0 Å². The first kappa shape index (κ1) is 17.3. The quantitative estimate of drug-likeness (QED) is 0.917. The summed E-state index contributed by atoms with van der Waals surface area (Å²) < 4.78 is 0. The summed E-state index contributed by atoms with van der Waals surface area (Å²) in [4.78, 5) is 31.6. The number of carbonyl (C=O) groups excluding carboxylic acids is 1. The van der Waals surface area contributed by atoms with Crippen LogP contribution in [0, 0.1) is 12.8 Å². The lowest BCUT2D eigenvalue weighted by atomic mass is 9.95. The second-order valence-electron chi connectivity index (χ2n) is 6.46. The topological polar surface area (TPSA) is 83.9 Å². The van der Waals surface area contributed by atoms with Crippen LogP contribution in [0.4, 0.5) is 5.82 Å². The number of nitrogens with zero attached hydrogens (tertiary/aromatic N) is 5. The van der Waals surface area contributed by atoms with Crippen LogP contribution < -0.4 is 5.32 Å². The van der Waals surface area contributed by atoms with Crippen molar-refractivity contribution in [3.63, 3.8) is 0 Å². The summed E-state index contributed by atoms with van der Waals surface area (Å²) in [5.41, 5.74) is 2.35. The molecule has 1 aliphatic heterocycles. The normalized spacial score (nSPS) is 17.8. The van der Waals surface area contributed by atoms with Crippen molar-refractivity contribution in [1.82, 2.24) is 24.8 Å². The molecule has 3 rings (SSSR count). The number of carbonyl (C=O) groups is 1. The Balaban J connectivity index is 1.60. The second kappa shape index (κ2) is 8.00. The maximum absolute atomic E-state index is 12.7. The first-order valence-electron chi connectivity index (χ1n) is 8.72. The van der Waals surface area contributed by atoms with Crippen LogP contribution in [0.25, 0.3) is 0 Å². The molecule has 2 aromatic rings. The van der Waals surface area contributed by atoms with Gasteiger partial charge in [0, 0.05) is 26.3 Å². The Morgan fingerprint density at radius 2 is 2.08 bits per heavy atom. The van der Waals surface area contributed by atoms with Crippen LogP contribution >= 0.6 is 0 Å². The Kier molecular flexibility index (Phi) is 5.53. The lowest BCUT2D eigenvalue weighted by Crippen LogP contribution is -2.32. The van der Waals surface area contributed by atoms with Crippen molar-refractivity contribution in [2.45, 2.75) is 32.6 Å². The van der Waals surface area contributed by atoms with Crippen molar-refractivity contribution in [1.29, 1.82) is 0 Å². The molecule has 1 fully saturated rings. The van der Waals surface area contributed by atoms with Crippen molar-refractivity contribution in [3.05, 3.63) is 41.9 Å². The van der Waals surface area contributed by atoms with E-state index >= 15 is 0 Å². The summed E-state index contributed by atoms with van der Waals surface area (Å²) in [5, 5.41) is 2.98. The average Bonchev–Trinajstić information content (AvgIpc) is 2.88. The van der Waals surface area contributed by atoms with Crippen LogP contribution in [0.2, 0.25) is 0 Å². The van der Waals surface area contributed by atoms with Gasteiger partial charge in [-0.25, -0.2) is 15.0 Å². The molecule has 1 amide bonds. The first-order chi connectivity index (χ1) is 12.2. The fourth-order valence-electron chi connectivity index (χ4n) is 3.23. The third-order valence-corrected chi connectivity index (χ3v) is 4.74. The van der Waals surface area contributed by atoms with Gasteiger partial charge < -0.3 is 10.2 Å². The molecule has 3 heterocycles. The van der Waals surface area contributed by atoms with Crippen LogP contribution in [0.5, 0.6) is 0 Å². The smallest absolute Gasteiger partial charge is 0.257 e. The number of aryl methyl sites for hydroxylation is 1. The summed E-state index contributed by atoms with van der Waals surface area (Å²) in [6, 6.07) is 0. The van der Waals surface area contributed by atoms with Gasteiger partial charge in [-0.3, -0.25) is 9.78 Å². The van der Waals surface area contributed by atoms with E-state index in [0.29, 0.717) is 11.5 Å². The highest BCUT2D eigenvalue weighted by molar-refractivity contribution is 5.94. The molecule has 25 heavy (non-hydrogen) atoms. The highest BCUT2D eigenvalue weighted by atomic mass is 16.2. The standard InChI is InChI=1S/C18H24N6O/c1-13-16(10-20-12-23-13)18(25)24-6-3-4-14(5-7-24)8-15-9-22-17(19-2)11-21-15/h9-12,14H,3-8H2,1-2H3,(H,19,22)/t14-/m1/s1. The van der Waals surface area contributed by atoms with E-state index in [-0.39, 0.29) is 5.91 Å². The summed E-state index contributed by atoms with van der Waals surface area (Å²) in [6.07, 6.45) is 10.7. The molecule has 1 N–H and O–H groups in total. The number of rotatable bonds is 4. The summed E-state index contributed by atoms with van der Waals surface area (Å²) in [6.45, 7) is 3.40. The van der Waals surface area contributed by atoms with Crippen LogP contribution in [0.3, 0.4) is 0 Å². The number of aromatic nitrogens is 4. The molecule has 0 aliphatic carbocycles. The van der Waals surface area contributed by atoms with E-state index in [1.165, 1.54) is 6.33 Å².